The van der Waals surface area contributed by atoms with Crippen LogP contribution in [0, 0.1) is 0 Å². The van der Waals surface area contributed by atoms with Gasteiger partial charge >= 0.3 is 12.2 Å². The van der Waals surface area contributed by atoms with Crippen molar-refractivity contribution in [2.75, 3.05) is 19.6 Å². The molecule has 1 saturated heterocycles. The molecule has 0 radical (unpaired) electrons. The molecule has 0 aromatic heterocycles. The fraction of sp³-hybridized carbons (Fsp3) is 0.842. The molecule has 0 aromatic rings. The molecule has 8 heteroatoms. The second-order valence-corrected chi connectivity index (χ2v) is 8.82. The third-order valence-electron chi connectivity index (χ3n) is 3.76. The average Bonchev–Trinajstić information content (AvgIpc) is 2.76. The highest BCUT2D eigenvalue weighted by Gasteiger charge is 2.29. The van der Waals surface area contributed by atoms with Crippen LogP contribution in [-0.4, -0.2) is 59.9 Å². The molecule has 8 nitrogen and oxygen atoms in total. The molecule has 0 saturated carbocycles. The average molecular weight is 386 g/mol. The maximum absolute atomic E-state index is 12.9. The van der Waals surface area contributed by atoms with Crippen molar-refractivity contribution in [2.45, 2.75) is 84.5 Å². The number of amides is 3. The molecule has 0 spiro atoms. The van der Waals surface area contributed by atoms with Gasteiger partial charge in [0.05, 0.1) is 6.54 Å². The van der Waals surface area contributed by atoms with E-state index in [1.807, 2.05) is 0 Å². The Balaban J connectivity index is 2.76. The first kappa shape index (κ1) is 23.0. The van der Waals surface area contributed by atoms with Crippen molar-refractivity contribution in [1.29, 1.82) is 0 Å². The third-order valence-corrected chi connectivity index (χ3v) is 3.76. The van der Waals surface area contributed by atoms with E-state index < -0.39 is 29.4 Å². The van der Waals surface area contributed by atoms with E-state index in [1.54, 1.807) is 46.4 Å². The molecule has 156 valence electrons. The summed E-state index contributed by atoms with van der Waals surface area (Å²) in [6.45, 7) is 11.7. The Bertz CT molecular complexity index is 514. The van der Waals surface area contributed by atoms with Gasteiger partial charge in [0.1, 0.15) is 17.2 Å². The number of hydrogen-bond acceptors (Lipinski definition) is 5. The largest absolute Gasteiger partial charge is 0.444 e. The summed E-state index contributed by atoms with van der Waals surface area (Å²) in [6, 6.07) is -0.912. The van der Waals surface area contributed by atoms with E-state index in [9.17, 15) is 14.4 Å². The van der Waals surface area contributed by atoms with Crippen LogP contribution in [0.1, 0.15) is 67.2 Å². The van der Waals surface area contributed by atoms with Crippen LogP contribution in [-0.2, 0) is 14.3 Å². The van der Waals surface area contributed by atoms with E-state index in [4.69, 9.17) is 9.47 Å². The molecule has 0 bridgehead atoms. The summed E-state index contributed by atoms with van der Waals surface area (Å²) < 4.78 is 10.5. The summed E-state index contributed by atoms with van der Waals surface area (Å²) in [5.41, 5.74) is -1.33. The van der Waals surface area contributed by atoms with Gasteiger partial charge < -0.3 is 25.0 Å². The van der Waals surface area contributed by atoms with Gasteiger partial charge in [0.25, 0.3) is 0 Å². The lowest BCUT2D eigenvalue weighted by atomic mass is 10.2. The number of nitrogens with one attached hydrogen (secondary N) is 2. The molecular weight excluding hydrogens is 350 g/mol. The number of carbonyl (C=O) groups excluding carboxylic acids is 3. The molecule has 0 aliphatic carbocycles. The molecule has 0 aromatic carbocycles. The van der Waals surface area contributed by atoms with Gasteiger partial charge in [-0.2, -0.15) is 0 Å². The molecule has 3 amide bonds. The van der Waals surface area contributed by atoms with Crippen molar-refractivity contribution in [3.8, 4) is 0 Å². The topological polar surface area (TPSA) is 97.0 Å². The van der Waals surface area contributed by atoms with Gasteiger partial charge in [0.2, 0.25) is 5.91 Å². The van der Waals surface area contributed by atoms with E-state index in [1.165, 1.54) is 0 Å². The number of hydrogen-bond donors (Lipinski definition) is 2. The van der Waals surface area contributed by atoms with Crippen LogP contribution < -0.4 is 10.6 Å². The van der Waals surface area contributed by atoms with Gasteiger partial charge in [0, 0.05) is 13.1 Å². The summed E-state index contributed by atoms with van der Waals surface area (Å²) in [6.07, 6.45) is 2.71. The van der Waals surface area contributed by atoms with Gasteiger partial charge in [-0.1, -0.05) is 12.8 Å². The van der Waals surface area contributed by atoms with Crippen LogP contribution in [0.25, 0.3) is 0 Å². The lowest BCUT2D eigenvalue weighted by Crippen LogP contribution is -2.55. The summed E-state index contributed by atoms with van der Waals surface area (Å²) in [5.74, 6) is -0.223. The SMILES string of the molecule is CC(C)(C)OC(=O)NCC(NC(=O)OC(C)(C)C)C(=O)N1CCCCCC1. The zero-order valence-corrected chi connectivity index (χ0v) is 17.5. The Morgan fingerprint density at radius 1 is 0.852 bits per heavy atom. The van der Waals surface area contributed by atoms with Crippen LogP contribution in [0.5, 0.6) is 0 Å². The molecule has 1 rings (SSSR count). The minimum Gasteiger partial charge on any atom is -0.444 e. The third kappa shape index (κ3) is 10.1. The summed E-state index contributed by atoms with van der Waals surface area (Å²) in [4.78, 5) is 38.7. The summed E-state index contributed by atoms with van der Waals surface area (Å²) in [7, 11) is 0. The second-order valence-electron chi connectivity index (χ2n) is 8.82. The fourth-order valence-corrected chi connectivity index (χ4v) is 2.66. The van der Waals surface area contributed by atoms with Crippen molar-refractivity contribution < 1.29 is 23.9 Å². The van der Waals surface area contributed by atoms with Crippen molar-refractivity contribution in [3.05, 3.63) is 0 Å². The Kier molecular flexibility index (Phi) is 8.37. The minimum atomic E-state index is -0.912. The van der Waals surface area contributed by atoms with Crippen LogP contribution in [0.15, 0.2) is 0 Å². The van der Waals surface area contributed by atoms with Gasteiger partial charge in [-0.15, -0.1) is 0 Å². The maximum atomic E-state index is 12.9. The maximum Gasteiger partial charge on any atom is 0.408 e. The van der Waals surface area contributed by atoms with E-state index in [0.717, 1.165) is 25.7 Å². The molecular formula is C19H35N3O5. The molecule has 1 aliphatic heterocycles. The Morgan fingerprint density at radius 2 is 1.33 bits per heavy atom. The number of alkyl carbamates (subject to hydrolysis) is 2. The Morgan fingerprint density at radius 3 is 1.81 bits per heavy atom. The van der Waals surface area contributed by atoms with Crippen LogP contribution in [0.4, 0.5) is 9.59 Å². The number of ether oxygens (including phenoxy) is 2. The predicted octanol–water partition coefficient (Wildman–Crippen LogP) is 2.81. The Labute approximate surface area is 162 Å². The molecule has 1 unspecified atom stereocenters. The van der Waals surface area contributed by atoms with Crippen LogP contribution in [0.2, 0.25) is 0 Å². The number of rotatable bonds is 4. The van der Waals surface area contributed by atoms with Gasteiger partial charge in [-0.05, 0) is 54.4 Å². The van der Waals surface area contributed by atoms with Crippen molar-refractivity contribution in [1.82, 2.24) is 15.5 Å². The lowest BCUT2D eigenvalue weighted by molar-refractivity contribution is -0.133. The van der Waals surface area contributed by atoms with Gasteiger partial charge in [0.15, 0.2) is 0 Å². The van der Waals surface area contributed by atoms with Crippen molar-refractivity contribution in [2.24, 2.45) is 0 Å². The van der Waals surface area contributed by atoms with E-state index >= 15 is 0 Å². The summed E-state index contributed by atoms with van der Waals surface area (Å²) >= 11 is 0. The highest BCUT2D eigenvalue weighted by molar-refractivity contribution is 5.86. The molecule has 27 heavy (non-hydrogen) atoms. The first-order valence-corrected chi connectivity index (χ1v) is 9.62. The number of likely N-dealkylation sites (tertiary alicyclic amines) is 1. The van der Waals surface area contributed by atoms with Crippen molar-refractivity contribution in [3.63, 3.8) is 0 Å². The number of carbonyl (C=O) groups is 3. The first-order chi connectivity index (χ1) is 12.4. The monoisotopic (exact) mass is 385 g/mol. The van der Waals surface area contributed by atoms with E-state index in [0.29, 0.717) is 13.1 Å². The van der Waals surface area contributed by atoms with E-state index in [2.05, 4.69) is 10.6 Å². The smallest absolute Gasteiger partial charge is 0.408 e. The highest BCUT2D eigenvalue weighted by Crippen LogP contribution is 2.12. The van der Waals surface area contributed by atoms with Crippen LogP contribution in [0.3, 0.4) is 0 Å². The minimum absolute atomic E-state index is 0.0660. The zero-order chi connectivity index (χ0) is 20.7. The van der Waals surface area contributed by atoms with Gasteiger partial charge in [-0.3, -0.25) is 4.79 Å². The highest BCUT2D eigenvalue weighted by atomic mass is 16.6. The second kappa shape index (κ2) is 9.80. The molecule has 1 aliphatic rings. The van der Waals surface area contributed by atoms with Gasteiger partial charge in [-0.25, -0.2) is 9.59 Å². The fourth-order valence-electron chi connectivity index (χ4n) is 2.66. The predicted molar refractivity (Wildman–Crippen MR) is 102 cm³/mol. The molecule has 1 fully saturated rings. The Hall–Kier alpha value is -1.99. The quantitative estimate of drug-likeness (QED) is 0.776. The number of nitrogens with zero attached hydrogens (tertiary/aromatic N) is 1. The van der Waals surface area contributed by atoms with Crippen molar-refractivity contribution >= 4 is 18.1 Å². The summed E-state index contributed by atoms with van der Waals surface area (Å²) in [5, 5.41) is 5.15. The van der Waals surface area contributed by atoms with Crippen LogP contribution >= 0.6 is 0 Å². The van der Waals surface area contributed by atoms with E-state index in [-0.39, 0.29) is 12.5 Å². The lowest BCUT2D eigenvalue weighted by Gasteiger charge is -2.28. The first-order valence-electron chi connectivity index (χ1n) is 9.62. The molecule has 2 N–H and O–H groups in total. The molecule has 1 atom stereocenters. The molecule has 1 heterocycles. The zero-order valence-electron chi connectivity index (χ0n) is 17.5. The standard InChI is InChI=1S/C19H35N3O5/c1-18(2,3)26-16(24)20-13-14(21-17(25)27-19(4,5)6)15(23)22-11-9-7-8-10-12-22/h14H,7-13H2,1-6H3,(H,20,24)(H,21,25). The normalized spacial score (nSPS) is 16.7.